The van der Waals surface area contributed by atoms with Gasteiger partial charge in [0.25, 0.3) is 0 Å². The van der Waals surface area contributed by atoms with Crippen LogP contribution in [-0.4, -0.2) is 36.9 Å². The van der Waals surface area contributed by atoms with Crippen molar-refractivity contribution in [2.45, 2.75) is 12.8 Å². The first-order valence-electron chi connectivity index (χ1n) is 7.10. The van der Waals surface area contributed by atoms with Crippen LogP contribution in [0.4, 0.5) is 5.82 Å². The predicted molar refractivity (Wildman–Crippen MR) is 80.3 cm³/mol. The van der Waals surface area contributed by atoms with Gasteiger partial charge < -0.3 is 14.7 Å². The molecule has 0 radical (unpaired) electrons. The van der Waals surface area contributed by atoms with E-state index in [0.717, 1.165) is 42.9 Å². The summed E-state index contributed by atoms with van der Waals surface area (Å²) in [6, 6.07) is 8.09. The van der Waals surface area contributed by atoms with Crippen molar-refractivity contribution in [3.63, 3.8) is 0 Å². The molecule has 1 unspecified atom stereocenters. The van der Waals surface area contributed by atoms with Crippen LogP contribution in [-0.2, 0) is 0 Å². The van der Waals surface area contributed by atoms with Gasteiger partial charge >= 0.3 is 0 Å². The molecule has 0 amide bonds. The molecule has 1 saturated heterocycles. The Morgan fingerprint density at radius 2 is 2.30 bits per heavy atom. The molecule has 4 nitrogen and oxygen atoms in total. The molecule has 4 heteroatoms. The van der Waals surface area contributed by atoms with Crippen molar-refractivity contribution in [3.05, 3.63) is 30.5 Å². The molecule has 0 spiro atoms. The number of ether oxygens (including phenoxy) is 1. The van der Waals surface area contributed by atoms with Crippen LogP contribution in [0, 0.1) is 5.92 Å². The van der Waals surface area contributed by atoms with Crippen molar-refractivity contribution >= 4 is 16.6 Å². The van der Waals surface area contributed by atoms with E-state index in [1.807, 2.05) is 24.4 Å². The number of piperidine rings is 1. The van der Waals surface area contributed by atoms with Crippen molar-refractivity contribution in [1.29, 1.82) is 0 Å². The van der Waals surface area contributed by atoms with Crippen molar-refractivity contribution in [2.75, 3.05) is 31.7 Å². The van der Waals surface area contributed by atoms with E-state index in [0.29, 0.717) is 5.92 Å². The van der Waals surface area contributed by atoms with Crippen molar-refractivity contribution in [1.82, 2.24) is 4.98 Å². The molecule has 2 aromatic rings. The van der Waals surface area contributed by atoms with Gasteiger partial charge in [0.1, 0.15) is 11.6 Å². The van der Waals surface area contributed by atoms with Crippen LogP contribution in [0.15, 0.2) is 30.5 Å². The molecule has 20 heavy (non-hydrogen) atoms. The maximum atomic E-state index is 9.38. The highest BCUT2D eigenvalue weighted by molar-refractivity contribution is 5.93. The molecule has 0 saturated carbocycles. The largest absolute Gasteiger partial charge is 0.497 e. The zero-order valence-corrected chi connectivity index (χ0v) is 11.7. The van der Waals surface area contributed by atoms with Crippen LogP contribution in [0.25, 0.3) is 10.8 Å². The lowest BCUT2D eigenvalue weighted by atomic mass is 9.98. The molecule has 1 aliphatic rings. The third kappa shape index (κ3) is 2.43. The van der Waals surface area contributed by atoms with Crippen molar-refractivity contribution < 1.29 is 9.84 Å². The number of aliphatic hydroxyl groups is 1. The van der Waals surface area contributed by atoms with Gasteiger partial charge in [-0.1, -0.05) is 6.07 Å². The van der Waals surface area contributed by atoms with Gasteiger partial charge in [0.2, 0.25) is 0 Å². The van der Waals surface area contributed by atoms with E-state index in [1.165, 1.54) is 5.39 Å². The standard InChI is InChI=1S/C16H20N2O2/c1-20-14-5-4-13-6-7-17-16(15(13)9-14)18-8-2-3-12(10-18)11-19/h4-7,9,12,19H,2-3,8,10-11H2,1H3. The second-order valence-corrected chi connectivity index (χ2v) is 5.36. The SMILES string of the molecule is COc1ccc2ccnc(N3CCCC(CO)C3)c2c1. The molecule has 106 valence electrons. The minimum atomic E-state index is 0.255. The first-order valence-corrected chi connectivity index (χ1v) is 7.10. The fourth-order valence-corrected chi connectivity index (χ4v) is 2.92. The summed E-state index contributed by atoms with van der Waals surface area (Å²) >= 11 is 0. The van der Waals surface area contributed by atoms with Crippen LogP contribution >= 0.6 is 0 Å². The summed E-state index contributed by atoms with van der Waals surface area (Å²) in [5.41, 5.74) is 0. The predicted octanol–water partition coefficient (Wildman–Crippen LogP) is 2.45. The second-order valence-electron chi connectivity index (χ2n) is 5.36. The summed E-state index contributed by atoms with van der Waals surface area (Å²) in [6.45, 7) is 2.13. The smallest absolute Gasteiger partial charge is 0.136 e. The van der Waals surface area contributed by atoms with E-state index < -0.39 is 0 Å². The zero-order valence-electron chi connectivity index (χ0n) is 11.7. The molecule has 1 aromatic carbocycles. The minimum absolute atomic E-state index is 0.255. The minimum Gasteiger partial charge on any atom is -0.497 e. The number of benzene rings is 1. The van der Waals surface area contributed by atoms with Gasteiger partial charge in [-0.2, -0.15) is 0 Å². The Morgan fingerprint density at radius 1 is 1.40 bits per heavy atom. The normalized spacial score (nSPS) is 19.3. The lowest BCUT2D eigenvalue weighted by Crippen LogP contribution is -2.37. The van der Waals surface area contributed by atoms with Crippen LogP contribution < -0.4 is 9.64 Å². The van der Waals surface area contributed by atoms with Crippen molar-refractivity contribution in [2.24, 2.45) is 5.92 Å². The number of hydrogen-bond donors (Lipinski definition) is 1. The van der Waals surface area contributed by atoms with E-state index >= 15 is 0 Å². The molecule has 1 atom stereocenters. The number of hydrogen-bond acceptors (Lipinski definition) is 4. The summed E-state index contributed by atoms with van der Waals surface area (Å²) in [5.74, 6) is 2.20. The molecule has 1 N–H and O–H groups in total. The first-order chi connectivity index (χ1) is 9.81. The average Bonchev–Trinajstić information content (AvgIpc) is 2.53. The van der Waals surface area contributed by atoms with Gasteiger partial charge in [0.05, 0.1) is 7.11 Å². The highest BCUT2D eigenvalue weighted by atomic mass is 16.5. The van der Waals surface area contributed by atoms with Gasteiger partial charge in [-0.25, -0.2) is 4.98 Å². The fourth-order valence-electron chi connectivity index (χ4n) is 2.92. The van der Waals surface area contributed by atoms with E-state index in [1.54, 1.807) is 7.11 Å². The van der Waals surface area contributed by atoms with E-state index in [2.05, 4.69) is 16.0 Å². The Kier molecular flexibility index (Phi) is 3.74. The van der Waals surface area contributed by atoms with Gasteiger partial charge in [0, 0.05) is 31.3 Å². The highest BCUT2D eigenvalue weighted by Crippen LogP contribution is 2.30. The maximum absolute atomic E-state index is 9.38. The average molecular weight is 272 g/mol. The van der Waals surface area contributed by atoms with Crippen LogP contribution in [0.1, 0.15) is 12.8 Å². The van der Waals surface area contributed by atoms with Gasteiger partial charge in [0.15, 0.2) is 0 Å². The second kappa shape index (κ2) is 5.67. The number of aliphatic hydroxyl groups excluding tert-OH is 1. The molecule has 0 bridgehead atoms. The highest BCUT2D eigenvalue weighted by Gasteiger charge is 2.21. The molecular weight excluding hydrogens is 252 g/mol. The number of aromatic nitrogens is 1. The summed E-state index contributed by atoms with van der Waals surface area (Å²) in [5, 5.41) is 11.7. The molecular formula is C16H20N2O2. The lowest BCUT2D eigenvalue weighted by Gasteiger charge is -2.33. The third-order valence-corrected chi connectivity index (χ3v) is 4.03. The monoisotopic (exact) mass is 272 g/mol. The summed E-state index contributed by atoms with van der Waals surface area (Å²) in [6.07, 6.45) is 4.06. The first kappa shape index (κ1) is 13.2. The number of methoxy groups -OCH3 is 1. The zero-order chi connectivity index (χ0) is 13.9. The summed E-state index contributed by atoms with van der Waals surface area (Å²) in [4.78, 5) is 6.85. The van der Waals surface area contributed by atoms with Crippen LogP contribution in [0.2, 0.25) is 0 Å². The van der Waals surface area contributed by atoms with Gasteiger partial charge in [-0.15, -0.1) is 0 Å². The number of pyridine rings is 1. The molecule has 1 aliphatic heterocycles. The van der Waals surface area contributed by atoms with E-state index in [4.69, 9.17) is 4.74 Å². The van der Waals surface area contributed by atoms with Crippen LogP contribution in [0.5, 0.6) is 5.75 Å². The fraction of sp³-hybridized carbons (Fsp3) is 0.438. The summed E-state index contributed by atoms with van der Waals surface area (Å²) in [7, 11) is 1.68. The van der Waals surface area contributed by atoms with Crippen molar-refractivity contribution in [3.8, 4) is 5.75 Å². The topological polar surface area (TPSA) is 45.6 Å². The van der Waals surface area contributed by atoms with E-state index in [9.17, 15) is 5.11 Å². The molecule has 0 aliphatic carbocycles. The third-order valence-electron chi connectivity index (χ3n) is 4.03. The summed E-state index contributed by atoms with van der Waals surface area (Å²) < 4.78 is 5.32. The molecule has 1 fully saturated rings. The Bertz CT molecular complexity index is 600. The Morgan fingerprint density at radius 3 is 3.10 bits per heavy atom. The Hall–Kier alpha value is -1.81. The number of anilines is 1. The Labute approximate surface area is 119 Å². The van der Waals surface area contributed by atoms with Gasteiger partial charge in [-0.3, -0.25) is 0 Å². The lowest BCUT2D eigenvalue weighted by molar-refractivity contribution is 0.208. The number of rotatable bonds is 3. The maximum Gasteiger partial charge on any atom is 0.136 e. The number of fused-ring (bicyclic) bond motifs is 1. The Balaban J connectivity index is 2.01. The van der Waals surface area contributed by atoms with Gasteiger partial charge in [-0.05, 0) is 42.3 Å². The molecule has 3 rings (SSSR count). The van der Waals surface area contributed by atoms with E-state index in [-0.39, 0.29) is 6.61 Å². The molecule has 2 heterocycles. The molecule has 1 aromatic heterocycles. The number of nitrogens with zero attached hydrogens (tertiary/aromatic N) is 2. The van der Waals surface area contributed by atoms with Crippen LogP contribution in [0.3, 0.4) is 0 Å². The quantitative estimate of drug-likeness (QED) is 0.932.